The Balaban J connectivity index is 1.96. The van der Waals surface area contributed by atoms with Crippen LogP contribution < -0.4 is 10.1 Å². The number of aryl methyl sites for hydroxylation is 1. The number of esters is 1. The highest BCUT2D eigenvalue weighted by Crippen LogP contribution is 2.28. The van der Waals surface area contributed by atoms with E-state index in [1.807, 2.05) is 6.92 Å². The molecule has 0 saturated heterocycles. The zero-order valence-electron chi connectivity index (χ0n) is 13.5. The molecule has 0 atom stereocenters. The molecule has 0 fully saturated rings. The van der Waals surface area contributed by atoms with Gasteiger partial charge in [-0.2, -0.15) is 0 Å². The third-order valence-corrected chi connectivity index (χ3v) is 3.47. The maximum absolute atomic E-state index is 12.1. The zero-order valence-corrected chi connectivity index (χ0v) is 13.5. The highest BCUT2D eigenvalue weighted by atomic mass is 16.5. The highest BCUT2D eigenvalue weighted by Gasteiger charge is 2.09. The molecule has 0 saturated carbocycles. The number of amides is 1. The second kappa shape index (κ2) is 7.50. The van der Waals surface area contributed by atoms with Crippen molar-refractivity contribution >= 4 is 11.9 Å². The Labute approximate surface area is 139 Å². The van der Waals surface area contributed by atoms with Gasteiger partial charge in [0, 0.05) is 19.0 Å². The zero-order chi connectivity index (χ0) is 17.7. The number of hydrogen-bond acceptors (Lipinski definition) is 5. The number of phenols is 2. The monoisotopic (exact) mass is 329 g/mol. The minimum atomic E-state index is -0.449. The van der Waals surface area contributed by atoms with Crippen LogP contribution in [0.4, 0.5) is 0 Å². The van der Waals surface area contributed by atoms with E-state index in [0.717, 1.165) is 11.1 Å². The van der Waals surface area contributed by atoms with Crippen molar-refractivity contribution in [1.29, 1.82) is 0 Å². The van der Waals surface area contributed by atoms with Crippen molar-refractivity contribution in [3.8, 4) is 17.2 Å². The van der Waals surface area contributed by atoms with Crippen LogP contribution in [0, 0.1) is 6.92 Å². The molecular formula is C18H19NO5. The van der Waals surface area contributed by atoms with E-state index in [1.165, 1.54) is 25.1 Å². The summed E-state index contributed by atoms with van der Waals surface area (Å²) in [6, 6.07) is 9.32. The lowest BCUT2D eigenvalue weighted by molar-refractivity contribution is -0.131. The Kier molecular flexibility index (Phi) is 5.42. The molecule has 0 aromatic heterocycles. The fourth-order valence-corrected chi connectivity index (χ4v) is 2.27. The molecule has 0 unspecified atom stereocenters. The SMILES string of the molecule is CC(=O)Oc1cccc(C(=O)NCCc2cc(O)c(O)cc2C)c1. The van der Waals surface area contributed by atoms with Gasteiger partial charge in [0.1, 0.15) is 5.75 Å². The van der Waals surface area contributed by atoms with Crippen molar-refractivity contribution in [3.63, 3.8) is 0 Å². The largest absolute Gasteiger partial charge is 0.504 e. The number of nitrogens with one attached hydrogen (secondary N) is 1. The van der Waals surface area contributed by atoms with Gasteiger partial charge in [-0.25, -0.2) is 0 Å². The van der Waals surface area contributed by atoms with Gasteiger partial charge in [-0.15, -0.1) is 0 Å². The van der Waals surface area contributed by atoms with E-state index in [4.69, 9.17) is 4.74 Å². The number of aromatic hydroxyl groups is 2. The molecule has 2 rings (SSSR count). The first-order chi connectivity index (χ1) is 11.4. The molecule has 0 aliphatic heterocycles. The average molecular weight is 329 g/mol. The van der Waals surface area contributed by atoms with Crippen molar-refractivity contribution in [2.45, 2.75) is 20.3 Å². The first kappa shape index (κ1) is 17.3. The van der Waals surface area contributed by atoms with Gasteiger partial charge >= 0.3 is 5.97 Å². The maximum atomic E-state index is 12.1. The smallest absolute Gasteiger partial charge is 0.308 e. The van der Waals surface area contributed by atoms with Crippen molar-refractivity contribution < 1.29 is 24.5 Å². The quantitative estimate of drug-likeness (QED) is 0.444. The third kappa shape index (κ3) is 4.49. The Morgan fingerprint density at radius 3 is 2.54 bits per heavy atom. The average Bonchev–Trinajstić information content (AvgIpc) is 2.51. The standard InChI is InChI=1S/C18H19NO5/c1-11-8-16(21)17(22)10-13(11)6-7-19-18(23)14-4-3-5-15(9-14)24-12(2)20/h3-5,8-10,21-22H,6-7H2,1-2H3,(H,19,23). The van der Waals surface area contributed by atoms with E-state index < -0.39 is 5.97 Å². The number of carbonyl (C=O) groups excluding carboxylic acids is 2. The molecule has 2 aromatic rings. The van der Waals surface area contributed by atoms with Crippen LogP contribution in [0.5, 0.6) is 17.2 Å². The molecule has 0 heterocycles. The molecule has 24 heavy (non-hydrogen) atoms. The third-order valence-electron chi connectivity index (χ3n) is 3.47. The predicted octanol–water partition coefficient (Wildman–Crippen LogP) is 2.30. The van der Waals surface area contributed by atoms with Crippen LogP contribution in [0.2, 0.25) is 0 Å². The van der Waals surface area contributed by atoms with E-state index in [-0.39, 0.29) is 17.4 Å². The lowest BCUT2D eigenvalue weighted by atomic mass is 10.0. The van der Waals surface area contributed by atoms with E-state index in [9.17, 15) is 19.8 Å². The predicted molar refractivity (Wildman–Crippen MR) is 88.3 cm³/mol. The second-order valence-corrected chi connectivity index (χ2v) is 5.39. The topological polar surface area (TPSA) is 95.9 Å². The number of carbonyl (C=O) groups is 2. The van der Waals surface area contributed by atoms with E-state index >= 15 is 0 Å². The van der Waals surface area contributed by atoms with E-state index in [1.54, 1.807) is 18.2 Å². The van der Waals surface area contributed by atoms with Gasteiger partial charge in [0.05, 0.1) is 0 Å². The van der Waals surface area contributed by atoms with Crippen molar-refractivity contribution in [2.24, 2.45) is 0 Å². The Bertz CT molecular complexity index is 770. The number of hydrogen-bond donors (Lipinski definition) is 3. The van der Waals surface area contributed by atoms with Crippen molar-refractivity contribution in [2.75, 3.05) is 6.54 Å². The van der Waals surface area contributed by atoms with Gasteiger partial charge < -0.3 is 20.3 Å². The summed E-state index contributed by atoms with van der Waals surface area (Å²) in [6.45, 7) is 3.47. The lowest BCUT2D eigenvalue weighted by Gasteiger charge is -2.10. The number of ether oxygens (including phenoxy) is 1. The molecule has 0 radical (unpaired) electrons. The number of benzene rings is 2. The summed E-state index contributed by atoms with van der Waals surface area (Å²) in [6.07, 6.45) is 0.509. The molecule has 0 spiro atoms. The first-order valence-electron chi connectivity index (χ1n) is 7.45. The maximum Gasteiger partial charge on any atom is 0.308 e. The van der Waals surface area contributed by atoms with Gasteiger partial charge in [0.2, 0.25) is 0 Å². The van der Waals surface area contributed by atoms with Crippen molar-refractivity contribution in [3.05, 3.63) is 53.1 Å². The van der Waals surface area contributed by atoms with Crippen LogP contribution >= 0.6 is 0 Å². The minimum Gasteiger partial charge on any atom is -0.504 e. The van der Waals surface area contributed by atoms with Crippen LogP contribution in [-0.4, -0.2) is 28.6 Å². The molecule has 0 bridgehead atoms. The highest BCUT2D eigenvalue weighted by molar-refractivity contribution is 5.94. The van der Waals surface area contributed by atoms with Crippen LogP contribution in [0.3, 0.4) is 0 Å². The van der Waals surface area contributed by atoms with Crippen LogP contribution in [0.25, 0.3) is 0 Å². The summed E-state index contributed by atoms with van der Waals surface area (Å²) >= 11 is 0. The second-order valence-electron chi connectivity index (χ2n) is 5.39. The molecule has 6 heteroatoms. The summed E-state index contributed by atoms with van der Waals surface area (Å²) in [5.74, 6) is -0.771. The van der Waals surface area contributed by atoms with Gasteiger partial charge in [-0.05, 0) is 54.8 Å². The van der Waals surface area contributed by atoms with E-state index in [2.05, 4.69) is 5.32 Å². The van der Waals surface area contributed by atoms with Crippen LogP contribution in [0.1, 0.15) is 28.4 Å². The van der Waals surface area contributed by atoms with Crippen molar-refractivity contribution in [1.82, 2.24) is 5.32 Å². The minimum absolute atomic E-state index is 0.164. The van der Waals surface area contributed by atoms with Gasteiger partial charge in [0.25, 0.3) is 5.91 Å². The Hall–Kier alpha value is -3.02. The number of rotatable bonds is 5. The van der Waals surface area contributed by atoms with Crippen LogP contribution in [-0.2, 0) is 11.2 Å². The van der Waals surface area contributed by atoms with E-state index in [0.29, 0.717) is 24.3 Å². The van der Waals surface area contributed by atoms with Crippen LogP contribution in [0.15, 0.2) is 36.4 Å². The first-order valence-corrected chi connectivity index (χ1v) is 7.45. The van der Waals surface area contributed by atoms with Gasteiger partial charge in [0.15, 0.2) is 11.5 Å². The summed E-state index contributed by atoms with van der Waals surface area (Å²) < 4.78 is 4.95. The number of phenolic OH excluding ortho intramolecular Hbond substituents is 2. The molecular weight excluding hydrogens is 310 g/mol. The molecule has 1 amide bonds. The fraction of sp³-hybridized carbons (Fsp3) is 0.222. The Morgan fingerprint density at radius 1 is 1.12 bits per heavy atom. The fourth-order valence-electron chi connectivity index (χ4n) is 2.27. The molecule has 2 aromatic carbocycles. The summed E-state index contributed by atoms with van der Waals surface area (Å²) in [5.41, 5.74) is 2.05. The molecule has 0 aliphatic carbocycles. The normalized spacial score (nSPS) is 10.2. The van der Waals surface area contributed by atoms with Gasteiger partial charge in [-0.3, -0.25) is 9.59 Å². The molecule has 6 nitrogen and oxygen atoms in total. The Morgan fingerprint density at radius 2 is 1.83 bits per heavy atom. The molecule has 3 N–H and O–H groups in total. The molecule has 126 valence electrons. The summed E-state index contributed by atoms with van der Waals surface area (Å²) in [4.78, 5) is 23.1. The summed E-state index contributed by atoms with van der Waals surface area (Å²) in [7, 11) is 0. The lowest BCUT2D eigenvalue weighted by Crippen LogP contribution is -2.25. The summed E-state index contributed by atoms with van der Waals surface area (Å²) in [5, 5.41) is 21.7. The van der Waals surface area contributed by atoms with Gasteiger partial charge in [-0.1, -0.05) is 6.07 Å². The molecule has 0 aliphatic rings.